The molecule has 1 aliphatic heterocycles. The molecule has 1 aromatic rings. The fourth-order valence-corrected chi connectivity index (χ4v) is 3.49. The molecule has 1 fully saturated rings. The maximum Gasteiger partial charge on any atom is 0.241 e. The molecule has 0 N–H and O–H groups in total. The number of hydrogen-bond donors (Lipinski definition) is 0. The predicted octanol–water partition coefficient (Wildman–Crippen LogP) is 1.61. The van der Waals surface area contributed by atoms with Gasteiger partial charge in [-0.05, 0) is 44.0 Å². The van der Waals surface area contributed by atoms with E-state index in [1.54, 1.807) is 4.90 Å². The molecule has 1 amide bonds. The maximum atomic E-state index is 12.8. The lowest BCUT2D eigenvalue weighted by atomic mass is 10.3. The molecule has 2 rings (SSSR count). The van der Waals surface area contributed by atoms with E-state index < -0.39 is 20.9 Å². The molecule has 1 atom stereocenters. The molecule has 1 unspecified atom stereocenters. The van der Waals surface area contributed by atoms with E-state index >= 15 is 0 Å². The summed E-state index contributed by atoms with van der Waals surface area (Å²) in [5, 5.41) is -1.13. The Labute approximate surface area is 112 Å². The standard InChI is InChI=1S/C13H16FNO3S/c1-10(13(16)15-8-2-3-9-15)19(17,18)12-6-4-11(14)5-7-12/h4-7,10H,2-3,8-9H2,1H3. The number of benzene rings is 1. The van der Waals surface area contributed by atoms with Crippen molar-refractivity contribution in [1.29, 1.82) is 0 Å². The van der Waals surface area contributed by atoms with Crippen LogP contribution in [0.15, 0.2) is 29.2 Å². The number of halogens is 1. The van der Waals surface area contributed by atoms with Crippen molar-refractivity contribution in [3.8, 4) is 0 Å². The highest BCUT2D eigenvalue weighted by Crippen LogP contribution is 2.20. The average molecular weight is 285 g/mol. The van der Waals surface area contributed by atoms with E-state index in [2.05, 4.69) is 0 Å². The molecule has 0 aliphatic carbocycles. The Balaban J connectivity index is 2.23. The summed E-state index contributed by atoms with van der Waals surface area (Å²) in [5.41, 5.74) is 0. The van der Waals surface area contributed by atoms with Crippen LogP contribution >= 0.6 is 0 Å². The lowest BCUT2D eigenvalue weighted by Crippen LogP contribution is -2.39. The third-order valence-electron chi connectivity index (χ3n) is 3.37. The number of amides is 1. The number of nitrogens with zero attached hydrogens (tertiary/aromatic N) is 1. The van der Waals surface area contributed by atoms with Crippen LogP contribution in [0.1, 0.15) is 19.8 Å². The molecule has 1 heterocycles. The molecular formula is C13H16FNO3S. The Morgan fingerprint density at radius 1 is 1.21 bits per heavy atom. The van der Waals surface area contributed by atoms with E-state index in [1.165, 1.54) is 19.1 Å². The van der Waals surface area contributed by atoms with E-state index in [4.69, 9.17) is 0 Å². The first kappa shape index (κ1) is 14.0. The SMILES string of the molecule is CC(C(=O)N1CCCC1)S(=O)(=O)c1ccc(F)cc1. The van der Waals surface area contributed by atoms with Gasteiger partial charge in [0, 0.05) is 13.1 Å². The highest BCUT2D eigenvalue weighted by molar-refractivity contribution is 7.92. The van der Waals surface area contributed by atoms with Gasteiger partial charge in [0.25, 0.3) is 0 Å². The van der Waals surface area contributed by atoms with Gasteiger partial charge in [0.1, 0.15) is 11.1 Å². The van der Waals surface area contributed by atoms with Crippen LogP contribution in [0.4, 0.5) is 4.39 Å². The zero-order valence-electron chi connectivity index (χ0n) is 10.7. The first-order valence-electron chi connectivity index (χ1n) is 6.21. The summed E-state index contributed by atoms with van der Waals surface area (Å²) in [6.45, 7) is 2.61. The normalized spacial score (nSPS) is 17.5. The maximum absolute atomic E-state index is 12.8. The van der Waals surface area contributed by atoms with Gasteiger partial charge in [-0.25, -0.2) is 12.8 Å². The fourth-order valence-electron chi connectivity index (χ4n) is 2.16. The molecule has 4 nitrogen and oxygen atoms in total. The number of hydrogen-bond acceptors (Lipinski definition) is 3. The molecule has 1 saturated heterocycles. The van der Waals surface area contributed by atoms with Crippen molar-refractivity contribution in [3.63, 3.8) is 0 Å². The summed E-state index contributed by atoms with van der Waals surface area (Å²) in [6, 6.07) is 4.55. The summed E-state index contributed by atoms with van der Waals surface area (Å²) in [6.07, 6.45) is 1.82. The minimum absolute atomic E-state index is 0.0195. The van der Waals surface area contributed by atoms with Crippen LogP contribution in [0.5, 0.6) is 0 Å². The Kier molecular flexibility index (Phi) is 3.89. The minimum atomic E-state index is -3.75. The van der Waals surface area contributed by atoms with Crippen molar-refractivity contribution >= 4 is 15.7 Å². The van der Waals surface area contributed by atoms with Gasteiger partial charge < -0.3 is 4.90 Å². The van der Waals surface area contributed by atoms with Crippen molar-refractivity contribution in [2.45, 2.75) is 29.9 Å². The van der Waals surface area contributed by atoms with Crippen LogP contribution < -0.4 is 0 Å². The topological polar surface area (TPSA) is 54.5 Å². The Morgan fingerprint density at radius 3 is 2.26 bits per heavy atom. The molecule has 0 spiro atoms. The third kappa shape index (κ3) is 2.78. The van der Waals surface area contributed by atoms with Gasteiger partial charge in [-0.2, -0.15) is 0 Å². The second-order valence-electron chi connectivity index (χ2n) is 4.67. The lowest BCUT2D eigenvalue weighted by Gasteiger charge is -2.20. The number of rotatable bonds is 3. The van der Waals surface area contributed by atoms with Crippen LogP contribution in [-0.2, 0) is 14.6 Å². The van der Waals surface area contributed by atoms with Gasteiger partial charge in [0.15, 0.2) is 9.84 Å². The number of sulfone groups is 1. The monoisotopic (exact) mass is 285 g/mol. The first-order valence-corrected chi connectivity index (χ1v) is 7.76. The second-order valence-corrected chi connectivity index (χ2v) is 6.94. The Morgan fingerprint density at radius 2 is 1.74 bits per heavy atom. The molecule has 1 aromatic carbocycles. The smallest absolute Gasteiger partial charge is 0.241 e. The molecule has 0 radical (unpaired) electrons. The number of likely N-dealkylation sites (tertiary alicyclic amines) is 1. The molecule has 0 bridgehead atoms. The summed E-state index contributed by atoms with van der Waals surface area (Å²) in [5.74, 6) is -0.876. The lowest BCUT2D eigenvalue weighted by molar-refractivity contribution is -0.129. The van der Waals surface area contributed by atoms with Crippen molar-refractivity contribution in [2.24, 2.45) is 0 Å². The zero-order chi connectivity index (χ0) is 14.0. The van der Waals surface area contributed by atoms with Crippen LogP contribution in [0.3, 0.4) is 0 Å². The molecular weight excluding hydrogens is 269 g/mol. The molecule has 1 aliphatic rings. The molecule has 0 saturated carbocycles. The summed E-state index contributed by atoms with van der Waals surface area (Å²) < 4.78 is 37.4. The fraction of sp³-hybridized carbons (Fsp3) is 0.462. The predicted molar refractivity (Wildman–Crippen MR) is 68.9 cm³/mol. The van der Waals surface area contributed by atoms with E-state index in [0.717, 1.165) is 25.0 Å². The van der Waals surface area contributed by atoms with E-state index in [9.17, 15) is 17.6 Å². The van der Waals surface area contributed by atoms with Gasteiger partial charge in [-0.3, -0.25) is 4.79 Å². The summed E-state index contributed by atoms with van der Waals surface area (Å²) in [4.78, 5) is 13.7. The highest BCUT2D eigenvalue weighted by Gasteiger charge is 2.33. The van der Waals surface area contributed by atoms with Gasteiger partial charge in [-0.1, -0.05) is 0 Å². The highest BCUT2D eigenvalue weighted by atomic mass is 32.2. The van der Waals surface area contributed by atoms with Crippen LogP contribution in [-0.4, -0.2) is 37.6 Å². The minimum Gasteiger partial charge on any atom is -0.342 e. The van der Waals surface area contributed by atoms with Crippen molar-refractivity contribution in [3.05, 3.63) is 30.1 Å². The first-order chi connectivity index (χ1) is 8.93. The molecule has 19 heavy (non-hydrogen) atoms. The largest absolute Gasteiger partial charge is 0.342 e. The van der Waals surface area contributed by atoms with E-state index in [0.29, 0.717) is 13.1 Å². The Bertz CT molecular complexity index is 562. The van der Waals surface area contributed by atoms with Crippen molar-refractivity contribution < 1.29 is 17.6 Å². The van der Waals surface area contributed by atoms with Crippen molar-refractivity contribution in [2.75, 3.05) is 13.1 Å². The average Bonchev–Trinajstić information content (AvgIpc) is 2.91. The van der Waals surface area contributed by atoms with Gasteiger partial charge >= 0.3 is 0 Å². The molecule has 6 heteroatoms. The third-order valence-corrected chi connectivity index (χ3v) is 5.43. The van der Waals surface area contributed by atoms with Crippen LogP contribution in [0.2, 0.25) is 0 Å². The molecule has 0 aromatic heterocycles. The number of carbonyl (C=O) groups excluding carboxylic acids is 1. The van der Waals surface area contributed by atoms with Crippen LogP contribution in [0, 0.1) is 5.82 Å². The van der Waals surface area contributed by atoms with Gasteiger partial charge in [0.2, 0.25) is 5.91 Å². The summed E-state index contributed by atoms with van der Waals surface area (Å²) >= 11 is 0. The van der Waals surface area contributed by atoms with Gasteiger partial charge in [0.05, 0.1) is 4.90 Å². The zero-order valence-corrected chi connectivity index (χ0v) is 11.5. The summed E-state index contributed by atoms with van der Waals surface area (Å²) in [7, 11) is -3.75. The second kappa shape index (κ2) is 5.28. The van der Waals surface area contributed by atoms with E-state index in [1.807, 2.05) is 0 Å². The van der Waals surface area contributed by atoms with Crippen molar-refractivity contribution in [1.82, 2.24) is 4.90 Å². The molecule has 104 valence electrons. The number of carbonyl (C=O) groups is 1. The van der Waals surface area contributed by atoms with E-state index in [-0.39, 0.29) is 10.8 Å². The van der Waals surface area contributed by atoms with Gasteiger partial charge in [-0.15, -0.1) is 0 Å². The quantitative estimate of drug-likeness (QED) is 0.793. The Hall–Kier alpha value is -1.43. The van der Waals surface area contributed by atoms with Crippen LogP contribution in [0.25, 0.3) is 0 Å².